The normalized spacial score (nSPS) is 10.4. The minimum absolute atomic E-state index is 0.323. The van der Waals surface area contributed by atoms with Crippen molar-refractivity contribution in [3.63, 3.8) is 0 Å². The Hall–Kier alpha value is -1.21. The number of halogens is 1. The van der Waals surface area contributed by atoms with Crippen LogP contribution in [0.3, 0.4) is 0 Å². The molecular formula is C9H8BrN3O2S. The number of nitrogens with zero attached hydrogens (tertiary/aromatic N) is 2. The van der Waals surface area contributed by atoms with Gasteiger partial charge in [0.1, 0.15) is 5.01 Å². The van der Waals surface area contributed by atoms with Crippen LogP contribution in [0.2, 0.25) is 0 Å². The molecule has 2 rings (SSSR count). The first kappa shape index (κ1) is 11.3. The van der Waals surface area contributed by atoms with Crippen molar-refractivity contribution in [2.24, 2.45) is 0 Å². The van der Waals surface area contributed by atoms with E-state index >= 15 is 0 Å². The Bertz CT molecular complexity index is 515. The largest absolute Gasteiger partial charge is 0.464 e. The SMILES string of the molecule is COC(=O)c1[nH]ncc1-c1nc(C)c(Br)s1. The Morgan fingerprint density at radius 3 is 2.94 bits per heavy atom. The van der Waals surface area contributed by atoms with Gasteiger partial charge in [-0.1, -0.05) is 0 Å². The van der Waals surface area contributed by atoms with Crippen molar-refractivity contribution in [2.75, 3.05) is 7.11 Å². The molecule has 0 spiro atoms. The lowest BCUT2D eigenvalue weighted by molar-refractivity contribution is 0.0595. The van der Waals surface area contributed by atoms with Gasteiger partial charge >= 0.3 is 5.97 Å². The standard InChI is InChI=1S/C9H8BrN3O2S/c1-4-7(10)16-8(12-4)5-3-11-13-6(5)9(14)15-2/h3H,1-2H3,(H,11,13). The third-order valence-electron chi connectivity index (χ3n) is 2.00. The number of methoxy groups -OCH3 is 1. The molecule has 2 aromatic rings. The van der Waals surface area contributed by atoms with E-state index in [9.17, 15) is 4.79 Å². The Morgan fingerprint density at radius 2 is 2.38 bits per heavy atom. The second-order valence-electron chi connectivity index (χ2n) is 3.03. The van der Waals surface area contributed by atoms with Gasteiger partial charge in [0.25, 0.3) is 0 Å². The highest BCUT2D eigenvalue weighted by Crippen LogP contribution is 2.32. The molecule has 0 amide bonds. The van der Waals surface area contributed by atoms with Crippen molar-refractivity contribution in [2.45, 2.75) is 6.92 Å². The number of aromatic nitrogens is 3. The summed E-state index contributed by atoms with van der Waals surface area (Å²) in [6.07, 6.45) is 1.57. The third kappa shape index (κ3) is 1.88. The predicted octanol–water partition coefficient (Wildman–Crippen LogP) is 2.39. The number of hydrogen-bond acceptors (Lipinski definition) is 5. The monoisotopic (exact) mass is 301 g/mol. The molecule has 0 aliphatic carbocycles. The van der Waals surface area contributed by atoms with Crippen LogP contribution in [-0.2, 0) is 4.74 Å². The van der Waals surface area contributed by atoms with Gasteiger partial charge in [-0.15, -0.1) is 11.3 Å². The number of carbonyl (C=O) groups excluding carboxylic acids is 1. The van der Waals surface area contributed by atoms with Crippen LogP contribution in [0.5, 0.6) is 0 Å². The second kappa shape index (κ2) is 4.34. The second-order valence-corrected chi connectivity index (χ2v) is 5.35. The van der Waals surface area contributed by atoms with Crippen molar-refractivity contribution < 1.29 is 9.53 Å². The average molecular weight is 302 g/mol. The number of nitrogens with one attached hydrogen (secondary N) is 1. The van der Waals surface area contributed by atoms with Gasteiger partial charge in [-0.25, -0.2) is 9.78 Å². The van der Waals surface area contributed by atoms with Gasteiger partial charge in [0.2, 0.25) is 0 Å². The van der Waals surface area contributed by atoms with Crippen LogP contribution in [0.15, 0.2) is 9.98 Å². The van der Waals surface area contributed by atoms with Crippen LogP contribution in [-0.4, -0.2) is 28.3 Å². The van der Waals surface area contributed by atoms with E-state index in [4.69, 9.17) is 0 Å². The van der Waals surface area contributed by atoms with E-state index < -0.39 is 5.97 Å². The summed E-state index contributed by atoms with van der Waals surface area (Å²) < 4.78 is 5.59. The molecule has 0 atom stereocenters. The van der Waals surface area contributed by atoms with E-state index in [2.05, 4.69) is 35.8 Å². The summed E-state index contributed by atoms with van der Waals surface area (Å²) in [5.41, 5.74) is 1.87. The van der Waals surface area contributed by atoms with Gasteiger partial charge in [-0.05, 0) is 22.9 Å². The average Bonchev–Trinajstić information content (AvgIpc) is 2.85. The van der Waals surface area contributed by atoms with Crippen LogP contribution in [0.4, 0.5) is 0 Å². The molecule has 16 heavy (non-hydrogen) atoms. The summed E-state index contributed by atoms with van der Waals surface area (Å²) in [6, 6.07) is 0. The number of thiazole rings is 1. The zero-order valence-electron chi connectivity index (χ0n) is 8.57. The molecule has 2 aromatic heterocycles. The number of rotatable bonds is 2. The van der Waals surface area contributed by atoms with Crippen molar-refractivity contribution >= 4 is 33.2 Å². The maximum Gasteiger partial charge on any atom is 0.356 e. The summed E-state index contributed by atoms with van der Waals surface area (Å²) >= 11 is 4.84. The van der Waals surface area contributed by atoms with Crippen molar-refractivity contribution in [3.8, 4) is 10.6 Å². The molecule has 5 nitrogen and oxygen atoms in total. The Kier molecular flexibility index (Phi) is 3.06. The Balaban J connectivity index is 2.48. The molecule has 0 aromatic carbocycles. The number of ether oxygens (including phenoxy) is 1. The molecule has 0 fully saturated rings. The highest BCUT2D eigenvalue weighted by molar-refractivity contribution is 9.11. The molecule has 0 radical (unpaired) electrons. The molecule has 0 bridgehead atoms. The maximum absolute atomic E-state index is 11.4. The van der Waals surface area contributed by atoms with Crippen molar-refractivity contribution in [1.82, 2.24) is 15.2 Å². The van der Waals surface area contributed by atoms with Crippen LogP contribution in [0.25, 0.3) is 10.6 Å². The van der Waals surface area contributed by atoms with Gasteiger partial charge in [-0.2, -0.15) is 5.10 Å². The summed E-state index contributed by atoms with van der Waals surface area (Å²) in [5.74, 6) is -0.448. The molecule has 0 aliphatic heterocycles. The summed E-state index contributed by atoms with van der Waals surface area (Å²) in [7, 11) is 1.33. The Labute approximate surface area is 104 Å². The molecule has 0 saturated carbocycles. The fraction of sp³-hybridized carbons (Fsp3) is 0.222. The van der Waals surface area contributed by atoms with Crippen molar-refractivity contribution in [1.29, 1.82) is 0 Å². The van der Waals surface area contributed by atoms with E-state index in [-0.39, 0.29) is 0 Å². The predicted molar refractivity (Wildman–Crippen MR) is 63.5 cm³/mol. The quantitative estimate of drug-likeness (QED) is 0.865. The molecule has 0 saturated heterocycles. The maximum atomic E-state index is 11.4. The van der Waals surface area contributed by atoms with Gasteiger partial charge in [0.05, 0.1) is 28.4 Å². The van der Waals surface area contributed by atoms with Gasteiger partial charge < -0.3 is 4.74 Å². The number of hydrogen-bond donors (Lipinski definition) is 1. The van der Waals surface area contributed by atoms with E-state index in [0.717, 1.165) is 14.5 Å². The molecule has 7 heteroatoms. The summed E-state index contributed by atoms with van der Waals surface area (Å²) in [6.45, 7) is 1.89. The van der Waals surface area contributed by atoms with Gasteiger partial charge in [0, 0.05) is 0 Å². The topological polar surface area (TPSA) is 67.9 Å². The third-order valence-corrected chi connectivity index (χ3v) is 4.04. The lowest BCUT2D eigenvalue weighted by Gasteiger charge is -1.97. The molecule has 84 valence electrons. The molecule has 0 unspecified atom stereocenters. The van der Waals surface area contributed by atoms with E-state index in [1.54, 1.807) is 6.20 Å². The lowest BCUT2D eigenvalue weighted by Crippen LogP contribution is -2.03. The fourth-order valence-electron chi connectivity index (χ4n) is 1.20. The number of carbonyl (C=O) groups is 1. The van der Waals surface area contributed by atoms with Crippen LogP contribution in [0, 0.1) is 6.92 Å². The molecule has 0 aliphatic rings. The van der Waals surface area contributed by atoms with Gasteiger partial charge in [-0.3, -0.25) is 5.10 Å². The van der Waals surface area contributed by atoms with Crippen LogP contribution in [0.1, 0.15) is 16.2 Å². The first-order chi connectivity index (χ1) is 7.63. The number of aromatic amines is 1. The smallest absolute Gasteiger partial charge is 0.356 e. The number of esters is 1. The number of aryl methyl sites for hydroxylation is 1. The minimum atomic E-state index is -0.448. The highest BCUT2D eigenvalue weighted by Gasteiger charge is 2.18. The van der Waals surface area contributed by atoms with Crippen LogP contribution < -0.4 is 0 Å². The molecule has 2 heterocycles. The zero-order valence-corrected chi connectivity index (χ0v) is 11.0. The highest BCUT2D eigenvalue weighted by atomic mass is 79.9. The van der Waals surface area contributed by atoms with Crippen LogP contribution >= 0.6 is 27.3 Å². The van der Waals surface area contributed by atoms with Crippen molar-refractivity contribution in [3.05, 3.63) is 21.4 Å². The van der Waals surface area contributed by atoms with E-state index in [1.165, 1.54) is 18.4 Å². The number of H-pyrrole nitrogens is 1. The van der Waals surface area contributed by atoms with Gasteiger partial charge in [0.15, 0.2) is 5.69 Å². The molecular weight excluding hydrogens is 294 g/mol. The van der Waals surface area contributed by atoms with E-state index in [1.807, 2.05) is 6.92 Å². The first-order valence-corrected chi connectivity index (χ1v) is 5.99. The molecule has 1 N–H and O–H groups in total. The first-order valence-electron chi connectivity index (χ1n) is 4.38. The fourth-order valence-corrected chi connectivity index (χ4v) is 2.56. The minimum Gasteiger partial charge on any atom is -0.464 e. The lowest BCUT2D eigenvalue weighted by atomic mass is 10.2. The zero-order chi connectivity index (χ0) is 11.7. The summed E-state index contributed by atoms with van der Waals surface area (Å²) in [4.78, 5) is 15.8. The Morgan fingerprint density at radius 1 is 1.62 bits per heavy atom. The van der Waals surface area contributed by atoms with E-state index in [0.29, 0.717) is 11.3 Å². The summed E-state index contributed by atoms with van der Waals surface area (Å²) in [5, 5.41) is 7.18.